The zero-order valence-electron chi connectivity index (χ0n) is 34.7. The Balaban J connectivity index is 1.63. The summed E-state index contributed by atoms with van der Waals surface area (Å²) in [4.78, 5) is 82.7. The van der Waals surface area contributed by atoms with Gasteiger partial charge in [-0.1, -0.05) is 34.6 Å². The molecule has 4 heterocycles. The smallest absolute Gasteiger partial charge is 0.338 e. The first-order valence-corrected chi connectivity index (χ1v) is 19.6. The van der Waals surface area contributed by atoms with Crippen molar-refractivity contribution >= 4 is 35.8 Å². The molecule has 8 rings (SSSR count). The topological polar surface area (TPSA) is 239 Å². The summed E-state index contributed by atoms with van der Waals surface area (Å²) >= 11 is 0. The van der Waals surface area contributed by atoms with Crippen molar-refractivity contribution < 1.29 is 86.0 Å². The van der Waals surface area contributed by atoms with E-state index in [1.165, 1.54) is 32.6 Å². The predicted octanol–water partition coefficient (Wildman–Crippen LogP) is 3.03. The lowest BCUT2D eigenvalue weighted by Gasteiger charge is -2.78. The van der Waals surface area contributed by atoms with Gasteiger partial charge in [0.2, 0.25) is 0 Å². The van der Waals surface area contributed by atoms with Crippen LogP contribution in [0.2, 0.25) is 0 Å². The molecule has 7 fully saturated rings. The van der Waals surface area contributed by atoms with Gasteiger partial charge in [0.25, 0.3) is 5.97 Å². The van der Waals surface area contributed by atoms with Gasteiger partial charge in [0, 0.05) is 69.3 Å². The minimum atomic E-state index is -2.62. The molecule has 2 unspecified atom stereocenters. The SMILES string of the molecule is COC(=O)C[C@H]1[C@@]2(C)C[C@@]34O[C@]5(C)O[C@]6([C@@H]7/C(=C(/O)C(C)C)C(=O)O[C@@H](c8ccoc8)[C@]7(C)C(OC(C)=O)C(OC(C)=O)[C@]6(O5)[C@]13C)[C@H](OC(C)=O)[C@@]4(O)[C@H]2OC(C)=O. The molecular formula is C41H50O18. The van der Waals surface area contributed by atoms with Crippen molar-refractivity contribution in [3.05, 3.63) is 35.5 Å². The van der Waals surface area contributed by atoms with E-state index < -0.39 is 146 Å². The first-order valence-electron chi connectivity index (χ1n) is 19.6. The maximum atomic E-state index is 14.9. The predicted molar refractivity (Wildman–Crippen MR) is 192 cm³/mol. The Morgan fingerprint density at radius 3 is 2.00 bits per heavy atom. The Labute approximate surface area is 339 Å². The van der Waals surface area contributed by atoms with E-state index in [0.717, 1.165) is 27.7 Å². The minimum absolute atomic E-state index is 0.183. The van der Waals surface area contributed by atoms with E-state index in [1.54, 1.807) is 34.6 Å². The van der Waals surface area contributed by atoms with Gasteiger partial charge in [-0.05, 0) is 18.4 Å². The molecule has 7 aliphatic rings. The van der Waals surface area contributed by atoms with Crippen LogP contribution in [0.5, 0.6) is 0 Å². The quantitative estimate of drug-likeness (QED) is 0.166. The number of aliphatic hydroxyl groups excluding tert-OH is 1. The Kier molecular flexibility index (Phi) is 8.59. The molecule has 18 heteroatoms. The highest BCUT2D eigenvalue weighted by Crippen LogP contribution is 2.90. The summed E-state index contributed by atoms with van der Waals surface area (Å²) in [5.41, 5.74) is -15.0. The number of fused-ring (bicyclic) bond motifs is 3. The second-order valence-electron chi connectivity index (χ2n) is 18.2. The molecule has 2 spiro atoms. The lowest BCUT2D eigenvalue weighted by molar-refractivity contribution is -0.490. The molecule has 0 amide bonds. The highest BCUT2D eigenvalue weighted by molar-refractivity contribution is 5.92. The summed E-state index contributed by atoms with van der Waals surface area (Å²) in [6.45, 7) is 13.9. The van der Waals surface area contributed by atoms with Crippen LogP contribution in [0.1, 0.15) is 93.7 Å². The van der Waals surface area contributed by atoms with Crippen molar-refractivity contribution in [2.24, 2.45) is 34.0 Å². The van der Waals surface area contributed by atoms with Crippen LogP contribution in [-0.2, 0) is 71.4 Å². The molecule has 1 aromatic rings. The maximum absolute atomic E-state index is 14.9. The minimum Gasteiger partial charge on any atom is -0.511 e. The first kappa shape index (κ1) is 41.2. The number of hydrogen-bond acceptors (Lipinski definition) is 18. The van der Waals surface area contributed by atoms with Crippen molar-refractivity contribution in [3.8, 4) is 0 Å². The molecule has 4 bridgehead atoms. The molecule has 322 valence electrons. The van der Waals surface area contributed by atoms with E-state index in [-0.39, 0.29) is 12.0 Å². The lowest BCUT2D eigenvalue weighted by Crippen LogP contribution is -2.97. The second-order valence-corrected chi connectivity index (χ2v) is 18.2. The molecule has 4 aliphatic carbocycles. The molecular weight excluding hydrogens is 780 g/mol. The van der Waals surface area contributed by atoms with Gasteiger partial charge in [-0.2, -0.15) is 0 Å². The number of hydrogen-bond donors (Lipinski definition) is 2. The molecule has 0 aromatic carbocycles. The van der Waals surface area contributed by atoms with Crippen molar-refractivity contribution in [1.82, 2.24) is 0 Å². The Morgan fingerprint density at radius 1 is 0.864 bits per heavy atom. The number of carbonyl (C=O) groups is 6. The zero-order valence-corrected chi connectivity index (χ0v) is 34.7. The monoisotopic (exact) mass is 830 g/mol. The van der Waals surface area contributed by atoms with Gasteiger partial charge < -0.3 is 57.3 Å². The summed E-state index contributed by atoms with van der Waals surface area (Å²) in [7, 11) is 1.19. The van der Waals surface area contributed by atoms with Crippen molar-refractivity contribution in [1.29, 1.82) is 0 Å². The van der Waals surface area contributed by atoms with Gasteiger partial charge >= 0.3 is 35.8 Å². The Morgan fingerprint density at radius 2 is 1.46 bits per heavy atom. The third kappa shape index (κ3) is 4.45. The third-order valence-corrected chi connectivity index (χ3v) is 14.9. The van der Waals surface area contributed by atoms with E-state index in [2.05, 4.69) is 0 Å². The van der Waals surface area contributed by atoms with Gasteiger partial charge in [0.05, 0.1) is 30.6 Å². The highest BCUT2D eigenvalue weighted by atomic mass is 16.9. The van der Waals surface area contributed by atoms with Gasteiger partial charge in [-0.3, -0.25) is 24.0 Å². The highest BCUT2D eigenvalue weighted by Gasteiger charge is 3.06. The van der Waals surface area contributed by atoms with Gasteiger partial charge in [-0.15, -0.1) is 0 Å². The summed E-state index contributed by atoms with van der Waals surface area (Å²) in [6.07, 6.45) is -6.64. The molecule has 3 aliphatic heterocycles. The Hall–Kier alpha value is -4.52. The van der Waals surface area contributed by atoms with E-state index in [4.69, 9.17) is 47.0 Å². The van der Waals surface area contributed by atoms with Gasteiger partial charge in [0.1, 0.15) is 23.6 Å². The average molecular weight is 831 g/mol. The molecule has 59 heavy (non-hydrogen) atoms. The maximum Gasteiger partial charge on any atom is 0.338 e. The van der Waals surface area contributed by atoms with Crippen LogP contribution >= 0.6 is 0 Å². The molecule has 18 nitrogen and oxygen atoms in total. The van der Waals surface area contributed by atoms with Gasteiger partial charge in [-0.25, -0.2) is 4.79 Å². The second kappa shape index (κ2) is 12.3. The van der Waals surface area contributed by atoms with Crippen LogP contribution in [0, 0.1) is 34.0 Å². The van der Waals surface area contributed by atoms with Crippen molar-refractivity contribution in [2.75, 3.05) is 7.11 Å². The summed E-state index contributed by atoms with van der Waals surface area (Å²) < 4.78 is 63.5. The number of furan rings is 1. The van der Waals surface area contributed by atoms with Crippen LogP contribution in [0.3, 0.4) is 0 Å². The number of cyclic esters (lactones) is 1. The molecule has 4 saturated carbocycles. The number of methoxy groups -OCH3 is 1. The first-order chi connectivity index (χ1) is 27.3. The fraction of sp³-hybridized carbons (Fsp3) is 0.707. The van der Waals surface area contributed by atoms with Gasteiger partial charge in [0.15, 0.2) is 35.1 Å². The summed E-state index contributed by atoms with van der Waals surface area (Å²) in [6, 6.07) is 1.50. The number of esters is 6. The number of allylic oxidation sites excluding steroid dienone is 1. The molecule has 1 aromatic heterocycles. The fourth-order valence-corrected chi connectivity index (χ4v) is 13.6. The third-order valence-electron chi connectivity index (χ3n) is 14.9. The standard InChI is InChI=1S/C41H50O18/c1-17(2)26(47)25-27-35(8,28(56-31(25)48)22-12-13-51-15-22)29(52-18(3)42)30(53-19(4)43)41-36(9)23(14-24(46)50-11)34(7)16-38(36)39(49,32(34)54-20(5)44)33(55-21(6)45)40(27,41)58-37(10,57-38)59-41/h12-13,15,17,23,27-30,32-33,47,49H,14,16H2,1-11H3/b26-25-/t23-,27+,28-,29?,30?,32-,33+,34+,35+,36+,37+,38+,39-,40+,41-/m0/s1. The van der Waals surface area contributed by atoms with Crippen LogP contribution in [0.15, 0.2) is 34.3 Å². The average Bonchev–Trinajstić information content (AvgIpc) is 3.83. The summed E-state index contributed by atoms with van der Waals surface area (Å²) in [5, 5.41) is 26.3. The van der Waals surface area contributed by atoms with Crippen LogP contribution in [0.4, 0.5) is 0 Å². The van der Waals surface area contributed by atoms with Crippen LogP contribution < -0.4 is 0 Å². The largest absolute Gasteiger partial charge is 0.511 e. The van der Waals surface area contributed by atoms with Crippen molar-refractivity contribution in [3.63, 3.8) is 0 Å². The molecule has 0 radical (unpaired) electrons. The lowest BCUT2D eigenvalue weighted by atomic mass is 9.32. The number of aliphatic hydroxyl groups is 2. The van der Waals surface area contributed by atoms with E-state index in [0.29, 0.717) is 0 Å². The normalized spacial score (nSPS) is 47.7. The zero-order chi connectivity index (χ0) is 43.4. The van der Waals surface area contributed by atoms with Crippen LogP contribution in [-0.4, -0.2) is 106 Å². The van der Waals surface area contributed by atoms with Crippen molar-refractivity contribution in [2.45, 2.75) is 141 Å². The number of rotatable bonds is 8. The molecule has 15 atom stereocenters. The number of ether oxygens (including phenoxy) is 9. The molecule has 2 N–H and O–H groups in total. The number of carbonyl (C=O) groups excluding carboxylic acids is 6. The Bertz CT molecular complexity index is 2090. The van der Waals surface area contributed by atoms with Crippen LogP contribution in [0.25, 0.3) is 0 Å². The van der Waals surface area contributed by atoms with E-state index in [1.807, 2.05) is 0 Å². The van der Waals surface area contributed by atoms with E-state index in [9.17, 15) is 39.0 Å². The van der Waals surface area contributed by atoms with E-state index >= 15 is 0 Å². The summed E-state index contributed by atoms with van der Waals surface area (Å²) in [5.74, 6) is -11.8. The fourth-order valence-electron chi connectivity index (χ4n) is 13.6. The molecule has 3 saturated heterocycles.